The van der Waals surface area contributed by atoms with Crippen molar-refractivity contribution in [1.82, 2.24) is 0 Å². The summed E-state index contributed by atoms with van der Waals surface area (Å²) < 4.78 is 10.7. The summed E-state index contributed by atoms with van der Waals surface area (Å²) in [5.41, 5.74) is 2.34. The number of carbonyl (C=O) groups excluding carboxylic acids is 2. The Morgan fingerprint density at radius 1 is 0.839 bits per heavy atom. The second kappa shape index (κ2) is 8.75. The van der Waals surface area contributed by atoms with Gasteiger partial charge in [0.1, 0.15) is 17.2 Å². The number of methoxy groups -OCH3 is 1. The number of ether oxygens (including phenoxy) is 2. The molecule has 0 unspecified atom stereocenters. The lowest BCUT2D eigenvalue weighted by Gasteiger charge is -2.16. The third kappa shape index (κ3) is 4.00. The molecule has 31 heavy (non-hydrogen) atoms. The average Bonchev–Trinajstić information content (AvgIpc) is 3.05. The predicted octanol–water partition coefficient (Wildman–Crippen LogP) is 4.49. The van der Waals surface area contributed by atoms with Crippen molar-refractivity contribution in [1.29, 1.82) is 0 Å². The molecule has 0 fully saturated rings. The van der Waals surface area contributed by atoms with Crippen molar-refractivity contribution in [3.05, 3.63) is 90.1 Å². The molecule has 3 aromatic rings. The summed E-state index contributed by atoms with van der Waals surface area (Å²) in [5, 5.41) is 3.15. The molecule has 0 spiro atoms. The molecular weight excluding hydrogens is 392 g/mol. The summed E-state index contributed by atoms with van der Waals surface area (Å²) in [4.78, 5) is 28.0. The molecule has 0 saturated heterocycles. The van der Waals surface area contributed by atoms with Crippen LogP contribution in [0.2, 0.25) is 0 Å². The topological polar surface area (TPSA) is 67.9 Å². The van der Waals surface area contributed by atoms with Crippen LogP contribution < -0.4 is 19.7 Å². The molecule has 1 aliphatic rings. The average molecular weight is 414 g/mol. The number of nitrogens with one attached hydrogen (secondary N) is 1. The number of benzene rings is 3. The van der Waals surface area contributed by atoms with E-state index >= 15 is 0 Å². The fraction of sp³-hybridized carbons (Fsp3) is 0.120. The van der Waals surface area contributed by atoms with E-state index in [0.29, 0.717) is 34.9 Å². The van der Waals surface area contributed by atoms with Gasteiger partial charge in [0.2, 0.25) is 0 Å². The maximum Gasteiger partial charge on any atom is 0.282 e. The van der Waals surface area contributed by atoms with Crippen LogP contribution in [-0.2, 0) is 9.59 Å². The molecule has 2 amide bonds. The second-order valence-corrected chi connectivity index (χ2v) is 6.85. The van der Waals surface area contributed by atoms with Crippen molar-refractivity contribution in [2.75, 3.05) is 23.9 Å². The largest absolute Gasteiger partial charge is 0.497 e. The third-order valence-electron chi connectivity index (χ3n) is 4.89. The highest BCUT2D eigenvalue weighted by Crippen LogP contribution is 2.35. The number of anilines is 2. The Morgan fingerprint density at radius 2 is 1.58 bits per heavy atom. The number of rotatable bonds is 7. The lowest BCUT2D eigenvalue weighted by molar-refractivity contribution is -0.120. The highest BCUT2D eigenvalue weighted by molar-refractivity contribution is 6.46. The van der Waals surface area contributed by atoms with E-state index in [0.717, 1.165) is 5.75 Å². The molecule has 0 radical (unpaired) electrons. The summed E-state index contributed by atoms with van der Waals surface area (Å²) >= 11 is 0. The molecule has 0 bridgehead atoms. The molecule has 0 atom stereocenters. The van der Waals surface area contributed by atoms with Crippen LogP contribution in [0.5, 0.6) is 11.5 Å². The van der Waals surface area contributed by atoms with Crippen molar-refractivity contribution >= 4 is 28.8 Å². The SMILES string of the molecule is CCOc1ccc(NC2=C(c3ccccc3)C(=O)N(c3cccc(OC)c3)C2=O)cc1. The van der Waals surface area contributed by atoms with Crippen LogP contribution in [0.15, 0.2) is 84.6 Å². The number of hydrogen-bond acceptors (Lipinski definition) is 5. The summed E-state index contributed by atoms with van der Waals surface area (Å²) in [7, 11) is 1.54. The molecule has 1 N–H and O–H groups in total. The number of amides is 2. The number of nitrogens with zero attached hydrogens (tertiary/aromatic N) is 1. The van der Waals surface area contributed by atoms with Crippen LogP contribution in [0.3, 0.4) is 0 Å². The van der Waals surface area contributed by atoms with E-state index < -0.39 is 11.8 Å². The number of imide groups is 1. The van der Waals surface area contributed by atoms with E-state index in [1.54, 1.807) is 31.4 Å². The minimum Gasteiger partial charge on any atom is -0.497 e. The van der Waals surface area contributed by atoms with Crippen molar-refractivity contribution < 1.29 is 19.1 Å². The highest BCUT2D eigenvalue weighted by atomic mass is 16.5. The van der Waals surface area contributed by atoms with E-state index in [9.17, 15) is 9.59 Å². The molecule has 6 nitrogen and oxygen atoms in total. The van der Waals surface area contributed by atoms with Crippen molar-refractivity contribution in [2.24, 2.45) is 0 Å². The Morgan fingerprint density at radius 3 is 2.26 bits per heavy atom. The van der Waals surface area contributed by atoms with Gasteiger partial charge < -0.3 is 14.8 Å². The van der Waals surface area contributed by atoms with Gasteiger partial charge in [0, 0.05) is 11.8 Å². The van der Waals surface area contributed by atoms with Gasteiger partial charge in [-0.1, -0.05) is 36.4 Å². The molecule has 4 rings (SSSR count). The quantitative estimate of drug-likeness (QED) is 0.577. The highest BCUT2D eigenvalue weighted by Gasteiger charge is 2.40. The minimum absolute atomic E-state index is 0.225. The van der Waals surface area contributed by atoms with Crippen LogP contribution in [0.1, 0.15) is 12.5 Å². The molecular formula is C25H22N2O4. The van der Waals surface area contributed by atoms with Gasteiger partial charge >= 0.3 is 0 Å². The van der Waals surface area contributed by atoms with Crippen molar-refractivity contribution in [3.63, 3.8) is 0 Å². The zero-order valence-corrected chi connectivity index (χ0v) is 17.3. The van der Waals surface area contributed by atoms with Crippen molar-refractivity contribution in [2.45, 2.75) is 6.92 Å². The number of carbonyl (C=O) groups is 2. The summed E-state index contributed by atoms with van der Waals surface area (Å²) in [6.45, 7) is 2.48. The monoisotopic (exact) mass is 414 g/mol. The first-order chi connectivity index (χ1) is 15.1. The van der Waals surface area contributed by atoms with Gasteiger partial charge in [0.25, 0.3) is 11.8 Å². The van der Waals surface area contributed by atoms with E-state index in [1.165, 1.54) is 4.90 Å². The van der Waals surface area contributed by atoms with Gasteiger partial charge in [-0.3, -0.25) is 9.59 Å². The number of hydrogen-bond donors (Lipinski definition) is 1. The maximum atomic E-state index is 13.4. The van der Waals surface area contributed by atoms with E-state index in [1.807, 2.05) is 61.5 Å². The predicted molar refractivity (Wildman–Crippen MR) is 120 cm³/mol. The van der Waals surface area contributed by atoms with E-state index in [2.05, 4.69) is 5.32 Å². The zero-order chi connectivity index (χ0) is 21.8. The van der Waals surface area contributed by atoms with Crippen molar-refractivity contribution in [3.8, 4) is 11.5 Å². The molecule has 1 aliphatic heterocycles. The zero-order valence-electron chi connectivity index (χ0n) is 17.3. The molecule has 0 aromatic heterocycles. The summed E-state index contributed by atoms with van der Waals surface area (Å²) in [5.74, 6) is 0.480. The first-order valence-corrected chi connectivity index (χ1v) is 9.94. The maximum absolute atomic E-state index is 13.4. The molecule has 1 heterocycles. The minimum atomic E-state index is -0.425. The first-order valence-electron chi connectivity index (χ1n) is 9.94. The lowest BCUT2D eigenvalue weighted by Crippen LogP contribution is -2.32. The summed E-state index contributed by atoms with van der Waals surface area (Å²) in [6.07, 6.45) is 0. The normalized spacial score (nSPS) is 13.5. The smallest absolute Gasteiger partial charge is 0.282 e. The molecule has 6 heteroatoms. The standard InChI is InChI=1S/C25H22N2O4/c1-3-31-20-14-12-18(13-15-20)26-23-22(17-8-5-4-6-9-17)24(28)27(25(23)29)19-10-7-11-21(16-19)30-2/h4-16,26H,3H2,1-2H3. The Bertz CT molecular complexity index is 1140. The Hall–Kier alpha value is -4.06. The Kier molecular flexibility index (Phi) is 5.71. The van der Waals surface area contributed by atoms with Gasteiger partial charge in [-0.05, 0) is 48.9 Å². The van der Waals surface area contributed by atoms with Crippen LogP contribution >= 0.6 is 0 Å². The van der Waals surface area contributed by atoms with Gasteiger partial charge in [-0.2, -0.15) is 0 Å². The van der Waals surface area contributed by atoms with Gasteiger partial charge in [0.05, 0.1) is 25.0 Å². The van der Waals surface area contributed by atoms with Crippen LogP contribution in [0.25, 0.3) is 5.57 Å². The second-order valence-electron chi connectivity index (χ2n) is 6.85. The van der Waals surface area contributed by atoms with Gasteiger partial charge in [-0.15, -0.1) is 0 Å². The van der Waals surface area contributed by atoms with E-state index in [-0.39, 0.29) is 5.70 Å². The molecule has 0 aliphatic carbocycles. The Labute approximate surface area is 180 Å². The first kappa shape index (κ1) is 20.2. The van der Waals surface area contributed by atoms with Gasteiger partial charge in [-0.25, -0.2) is 4.90 Å². The molecule has 0 saturated carbocycles. The summed E-state index contributed by atoms with van der Waals surface area (Å²) in [6, 6.07) is 23.3. The molecule has 156 valence electrons. The fourth-order valence-corrected chi connectivity index (χ4v) is 3.45. The van der Waals surface area contributed by atoms with Crippen LogP contribution in [-0.4, -0.2) is 25.5 Å². The Balaban J connectivity index is 1.75. The van der Waals surface area contributed by atoms with Gasteiger partial charge in [0.15, 0.2) is 0 Å². The van der Waals surface area contributed by atoms with Crippen LogP contribution in [0.4, 0.5) is 11.4 Å². The third-order valence-corrected chi connectivity index (χ3v) is 4.89. The van der Waals surface area contributed by atoms with Crippen LogP contribution in [0, 0.1) is 0 Å². The van der Waals surface area contributed by atoms with E-state index in [4.69, 9.17) is 9.47 Å². The lowest BCUT2D eigenvalue weighted by atomic mass is 10.0. The molecule has 3 aromatic carbocycles. The fourth-order valence-electron chi connectivity index (χ4n) is 3.45.